The molecule has 0 bridgehead atoms. The van der Waals surface area contributed by atoms with Crippen molar-refractivity contribution in [3.05, 3.63) is 46.9 Å². The molecule has 1 aliphatic carbocycles. The van der Waals surface area contributed by atoms with E-state index in [-0.39, 0.29) is 0 Å². The van der Waals surface area contributed by atoms with Crippen molar-refractivity contribution in [2.24, 2.45) is 0 Å². The Balaban J connectivity index is 1.96. The first-order valence-electron chi connectivity index (χ1n) is 6.15. The maximum absolute atomic E-state index is 12.5. The average Bonchev–Trinajstić information content (AvgIpc) is 3.21. The average molecular weight is 299 g/mol. The minimum absolute atomic E-state index is 0.316. The van der Waals surface area contributed by atoms with Crippen molar-refractivity contribution in [3.63, 3.8) is 0 Å². The van der Waals surface area contributed by atoms with Gasteiger partial charge in [-0.15, -0.1) is 0 Å². The summed E-state index contributed by atoms with van der Waals surface area (Å²) in [5, 5.41) is 0.316. The predicted molar refractivity (Wildman–Crippen MR) is 69.5 cm³/mol. The maximum Gasteiger partial charge on any atom is 0.416 e. The summed E-state index contributed by atoms with van der Waals surface area (Å²) < 4.78 is 37.6. The summed E-state index contributed by atoms with van der Waals surface area (Å²) in [5.41, 5.74) is 0.480. The molecule has 0 amide bonds. The Morgan fingerprint density at radius 1 is 1.05 bits per heavy atom. The lowest BCUT2D eigenvalue weighted by Crippen LogP contribution is -2.04. The van der Waals surface area contributed by atoms with E-state index in [4.69, 9.17) is 11.6 Å². The molecular weight excluding hydrogens is 289 g/mol. The Labute approximate surface area is 118 Å². The molecule has 1 saturated carbocycles. The molecule has 1 fully saturated rings. The van der Waals surface area contributed by atoms with E-state index in [9.17, 15) is 13.2 Å². The zero-order valence-electron chi connectivity index (χ0n) is 10.3. The van der Waals surface area contributed by atoms with Gasteiger partial charge in [-0.25, -0.2) is 9.97 Å². The monoisotopic (exact) mass is 298 g/mol. The van der Waals surface area contributed by atoms with Gasteiger partial charge in [0.2, 0.25) is 0 Å². The Morgan fingerprint density at radius 3 is 2.25 bits per heavy atom. The number of benzene rings is 1. The Kier molecular flexibility index (Phi) is 3.17. The van der Waals surface area contributed by atoms with E-state index >= 15 is 0 Å². The first kappa shape index (κ1) is 13.4. The van der Waals surface area contributed by atoms with Gasteiger partial charge in [-0.05, 0) is 25.0 Å². The molecule has 0 unspecified atom stereocenters. The molecule has 2 nitrogen and oxygen atoms in total. The summed E-state index contributed by atoms with van der Waals surface area (Å²) in [6.45, 7) is 0. The molecule has 2 aromatic rings. The van der Waals surface area contributed by atoms with E-state index in [1.807, 2.05) is 0 Å². The second-order valence-electron chi connectivity index (χ2n) is 4.78. The van der Waals surface area contributed by atoms with Crippen LogP contribution in [0.1, 0.15) is 30.1 Å². The first-order chi connectivity index (χ1) is 9.43. The predicted octanol–water partition coefficient (Wildman–Crippen LogP) is 4.69. The second-order valence-corrected chi connectivity index (χ2v) is 5.17. The largest absolute Gasteiger partial charge is 0.416 e. The van der Waals surface area contributed by atoms with Crippen LogP contribution in [0, 0.1) is 0 Å². The first-order valence-corrected chi connectivity index (χ1v) is 6.53. The highest BCUT2D eigenvalue weighted by molar-refractivity contribution is 6.29. The Morgan fingerprint density at radius 2 is 1.70 bits per heavy atom. The number of rotatable bonds is 2. The third-order valence-electron chi connectivity index (χ3n) is 3.16. The summed E-state index contributed by atoms with van der Waals surface area (Å²) in [6, 6.07) is 6.46. The second kappa shape index (κ2) is 4.74. The summed E-state index contributed by atoms with van der Waals surface area (Å²) in [4.78, 5) is 8.53. The minimum Gasteiger partial charge on any atom is -0.232 e. The lowest BCUT2D eigenvalue weighted by molar-refractivity contribution is -0.137. The Hall–Kier alpha value is -1.62. The lowest BCUT2D eigenvalue weighted by atomic mass is 10.1. The molecule has 1 aromatic carbocycles. The number of aromatic nitrogens is 2. The topological polar surface area (TPSA) is 25.8 Å². The minimum atomic E-state index is -4.33. The quantitative estimate of drug-likeness (QED) is 0.751. The van der Waals surface area contributed by atoms with Crippen LogP contribution in [0.5, 0.6) is 0 Å². The van der Waals surface area contributed by atoms with Crippen molar-refractivity contribution in [2.75, 3.05) is 0 Å². The van der Waals surface area contributed by atoms with Crippen LogP contribution in [-0.2, 0) is 6.18 Å². The molecule has 0 radical (unpaired) electrons. The zero-order chi connectivity index (χ0) is 14.3. The summed E-state index contributed by atoms with van der Waals surface area (Å²) in [7, 11) is 0. The fraction of sp³-hybridized carbons (Fsp3) is 0.286. The van der Waals surface area contributed by atoms with Crippen LogP contribution in [0.3, 0.4) is 0 Å². The van der Waals surface area contributed by atoms with E-state index in [1.165, 1.54) is 12.1 Å². The van der Waals surface area contributed by atoms with Crippen molar-refractivity contribution >= 4 is 11.6 Å². The van der Waals surface area contributed by atoms with Gasteiger partial charge in [-0.2, -0.15) is 13.2 Å². The SMILES string of the molecule is FC(F)(F)c1ccc(-c2cc(Cl)nc(C3CC3)n2)cc1. The number of hydrogen-bond donors (Lipinski definition) is 0. The number of alkyl halides is 3. The van der Waals surface area contributed by atoms with Crippen LogP contribution >= 0.6 is 11.6 Å². The van der Waals surface area contributed by atoms with E-state index in [2.05, 4.69) is 9.97 Å². The van der Waals surface area contributed by atoms with Crippen LogP contribution in [0.15, 0.2) is 30.3 Å². The molecular formula is C14H10ClF3N2. The molecule has 0 saturated heterocycles. The van der Waals surface area contributed by atoms with Gasteiger partial charge in [-0.1, -0.05) is 23.7 Å². The highest BCUT2D eigenvalue weighted by Crippen LogP contribution is 2.39. The van der Waals surface area contributed by atoms with E-state index in [0.29, 0.717) is 28.2 Å². The fourth-order valence-corrected chi connectivity index (χ4v) is 2.13. The summed E-state index contributed by atoms with van der Waals surface area (Å²) in [6.07, 6.45) is -2.26. The molecule has 104 valence electrons. The normalized spacial score (nSPS) is 15.4. The molecule has 1 aliphatic rings. The third kappa shape index (κ3) is 2.77. The van der Waals surface area contributed by atoms with Crippen LogP contribution in [-0.4, -0.2) is 9.97 Å². The number of nitrogens with zero attached hydrogens (tertiary/aromatic N) is 2. The third-order valence-corrected chi connectivity index (χ3v) is 3.36. The van der Waals surface area contributed by atoms with Gasteiger partial charge in [0.15, 0.2) is 0 Å². The molecule has 1 aromatic heterocycles. The number of hydrogen-bond acceptors (Lipinski definition) is 2. The van der Waals surface area contributed by atoms with Gasteiger partial charge in [-0.3, -0.25) is 0 Å². The molecule has 20 heavy (non-hydrogen) atoms. The maximum atomic E-state index is 12.5. The smallest absolute Gasteiger partial charge is 0.232 e. The van der Waals surface area contributed by atoms with Gasteiger partial charge in [0, 0.05) is 17.5 Å². The van der Waals surface area contributed by atoms with Gasteiger partial charge < -0.3 is 0 Å². The standard InChI is InChI=1S/C14H10ClF3N2/c15-12-7-11(19-13(20-12)9-1-2-9)8-3-5-10(6-4-8)14(16,17)18/h3-7,9H,1-2H2. The van der Waals surface area contributed by atoms with Gasteiger partial charge in [0.1, 0.15) is 11.0 Å². The zero-order valence-corrected chi connectivity index (χ0v) is 11.0. The van der Waals surface area contributed by atoms with Crippen LogP contribution < -0.4 is 0 Å². The molecule has 3 rings (SSSR count). The fourth-order valence-electron chi connectivity index (χ4n) is 1.94. The van der Waals surface area contributed by atoms with Crippen molar-refractivity contribution in [3.8, 4) is 11.3 Å². The van der Waals surface area contributed by atoms with E-state index in [1.54, 1.807) is 6.07 Å². The molecule has 0 atom stereocenters. The van der Waals surface area contributed by atoms with Gasteiger partial charge >= 0.3 is 6.18 Å². The highest BCUT2D eigenvalue weighted by Gasteiger charge is 2.30. The van der Waals surface area contributed by atoms with Crippen molar-refractivity contribution in [1.29, 1.82) is 0 Å². The Bertz CT molecular complexity index is 634. The van der Waals surface area contributed by atoms with Gasteiger partial charge in [0.25, 0.3) is 0 Å². The number of halogens is 4. The highest BCUT2D eigenvalue weighted by atomic mass is 35.5. The molecule has 1 heterocycles. The van der Waals surface area contributed by atoms with Gasteiger partial charge in [0.05, 0.1) is 11.3 Å². The lowest BCUT2D eigenvalue weighted by Gasteiger charge is -2.08. The van der Waals surface area contributed by atoms with Crippen molar-refractivity contribution < 1.29 is 13.2 Å². The summed E-state index contributed by atoms with van der Waals surface area (Å²) in [5.74, 6) is 1.01. The van der Waals surface area contributed by atoms with Crippen molar-refractivity contribution in [1.82, 2.24) is 9.97 Å². The van der Waals surface area contributed by atoms with Crippen LogP contribution in [0.4, 0.5) is 13.2 Å². The summed E-state index contributed by atoms with van der Waals surface area (Å²) >= 11 is 5.94. The molecule has 0 spiro atoms. The van der Waals surface area contributed by atoms with Crippen molar-refractivity contribution in [2.45, 2.75) is 24.9 Å². The van der Waals surface area contributed by atoms with E-state index in [0.717, 1.165) is 25.0 Å². The molecule has 6 heteroatoms. The van der Waals surface area contributed by atoms with Crippen LogP contribution in [0.25, 0.3) is 11.3 Å². The molecule has 0 aliphatic heterocycles. The van der Waals surface area contributed by atoms with E-state index < -0.39 is 11.7 Å². The van der Waals surface area contributed by atoms with Crippen LogP contribution in [0.2, 0.25) is 5.15 Å². The molecule has 0 N–H and O–H groups in total.